The van der Waals surface area contributed by atoms with Crippen molar-refractivity contribution in [1.82, 2.24) is 0 Å². The van der Waals surface area contributed by atoms with Crippen LogP contribution in [0.25, 0.3) is 0 Å². The summed E-state index contributed by atoms with van der Waals surface area (Å²) in [6, 6.07) is 5.50. The topological polar surface area (TPSA) is 94.5 Å². The highest BCUT2D eigenvalue weighted by Crippen LogP contribution is 2.77. The van der Waals surface area contributed by atoms with E-state index in [-0.39, 0.29) is 63.5 Å². The van der Waals surface area contributed by atoms with Crippen molar-refractivity contribution in [2.24, 2.45) is 56.7 Å². The lowest BCUT2D eigenvalue weighted by Crippen LogP contribution is -2.70. The van der Waals surface area contributed by atoms with Crippen molar-refractivity contribution in [3.63, 3.8) is 0 Å². The van der Waals surface area contributed by atoms with Gasteiger partial charge < -0.3 is 29.2 Å². The van der Waals surface area contributed by atoms with E-state index in [2.05, 4.69) is 48.5 Å². The molecule has 7 nitrogen and oxygen atoms in total. The van der Waals surface area contributed by atoms with E-state index in [0.29, 0.717) is 29.9 Å². The average molecular weight is 665 g/mol. The Hall–Kier alpha value is -2.25. The summed E-state index contributed by atoms with van der Waals surface area (Å²) < 4.78 is 25.8. The zero-order valence-electron chi connectivity index (χ0n) is 31.0. The van der Waals surface area contributed by atoms with Gasteiger partial charge in [0.25, 0.3) is 0 Å². The molecular weight excluding hydrogens is 604 g/mol. The smallest absolute Gasteiger partial charge is 0.314 e. The Kier molecular flexibility index (Phi) is 7.93. The molecule has 0 radical (unpaired) electrons. The first kappa shape index (κ1) is 34.2. The van der Waals surface area contributed by atoms with E-state index in [0.717, 1.165) is 37.0 Å². The molecule has 1 aromatic carbocycles. The fourth-order valence-electron chi connectivity index (χ4n) is 13.1. The maximum absolute atomic E-state index is 13.6. The number of fused-ring (bicyclic) bond motifs is 9. The van der Waals surface area contributed by atoms with E-state index in [1.807, 2.05) is 19.1 Å². The summed E-state index contributed by atoms with van der Waals surface area (Å²) in [5, 5.41) is 21.9. The molecule has 0 aromatic heterocycles. The number of rotatable bonds is 3. The van der Waals surface area contributed by atoms with Gasteiger partial charge in [0.15, 0.2) is 11.5 Å². The van der Waals surface area contributed by atoms with Crippen molar-refractivity contribution < 1.29 is 34.0 Å². The van der Waals surface area contributed by atoms with Crippen LogP contribution in [-0.2, 0) is 19.0 Å². The molecule has 1 saturated heterocycles. The molecule has 1 aromatic rings. The van der Waals surface area contributed by atoms with Gasteiger partial charge in [0.1, 0.15) is 18.0 Å². The largest absolute Gasteiger partial charge is 0.504 e. The Labute approximate surface area is 288 Å². The fraction of sp³-hybridized carbons (Fsp3) is 0.780. The van der Waals surface area contributed by atoms with Gasteiger partial charge in [-0.05, 0) is 134 Å². The highest BCUT2D eigenvalue weighted by Gasteiger charge is 2.74. The van der Waals surface area contributed by atoms with Gasteiger partial charge in [-0.2, -0.15) is 0 Å². The van der Waals surface area contributed by atoms with Crippen molar-refractivity contribution in [2.45, 2.75) is 131 Å². The van der Waals surface area contributed by atoms with Crippen LogP contribution in [0.1, 0.15) is 118 Å². The Bertz CT molecular complexity index is 1500. The first-order valence-electron chi connectivity index (χ1n) is 18.7. The molecule has 48 heavy (non-hydrogen) atoms. The third-order valence-corrected chi connectivity index (χ3v) is 16.3. The third kappa shape index (κ3) is 4.28. The van der Waals surface area contributed by atoms with Gasteiger partial charge in [0.2, 0.25) is 0 Å². The van der Waals surface area contributed by atoms with E-state index in [1.54, 1.807) is 13.2 Å². The van der Waals surface area contributed by atoms with Crippen LogP contribution < -0.4 is 4.74 Å². The SMILES string of the molecule is COC(=O)[C@@]1(C)[C@@H]2CC[C@]3(C)[C@H]([C@@H]4O[C@H](C)[C@@H](c5ccc(O)c(OC)c5)OC4=C4[C@@H]5[C@@H](C)[C@H](C)CC[C@]5(C)CC[C@]43C)[C@@]2(C)CC[C@@H]1O. The van der Waals surface area contributed by atoms with Gasteiger partial charge in [0.05, 0.1) is 31.8 Å². The maximum atomic E-state index is 13.6. The highest BCUT2D eigenvalue weighted by atomic mass is 16.6. The molecule has 7 heteroatoms. The number of phenolic OH excluding ortho intramolecular Hbond substituents is 1. The normalized spacial score (nSPS) is 49.7. The zero-order chi connectivity index (χ0) is 34.8. The molecule has 266 valence electrons. The second-order valence-corrected chi connectivity index (χ2v) is 18.2. The van der Waals surface area contributed by atoms with Crippen LogP contribution in [0, 0.1) is 56.7 Å². The highest BCUT2D eigenvalue weighted by molar-refractivity contribution is 5.78. The number of carbonyl (C=O) groups is 1. The third-order valence-electron chi connectivity index (χ3n) is 16.3. The van der Waals surface area contributed by atoms with E-state index >= 15 is 0 Å². The molecule has 6 aliphatic rings. The van der Waals surface area contributed by atoms with Crippen molar-refractivity contribution in [1.29, 1.82) is 0 Å². The van der Waals surface area contributed by atoms with Gasteiger partial charge in [-0.15, -0.1) is 0 Å². The van der Waals surface area contributed by atoms with Crippen LogP contribution in [0.4, 0.5) is 0 Å². The second kappa shape index (κ2) is 11.1. The number of phenols is 1. The summed E-state index contributed by atoms with van der Waals surface area (Å²) in [6.07, 6.45) is 6.38. The van der Waals surface area contributed by atoms with Gasteiger partial charge in [-0.25, -0.2) is 0 Å². The number of allylic oxidation sites excluding steroid dienone is 1. The summed E-state index contributed by atoms with van der Waals surface area (Å²) in [5.41, 5.74) is 1.13. The van der Waals surface area contributed by atoms with E-state index in [4.69, 9.17) is 18.9 Å². The number of hydrogen-bond donors (Lipinski definition) is 2. The van der Waals surface area contributed by atoms with Gasteiger partial charge >= 0.3 is 5.97 Å². The number of esters is 1. The number of benzene rings is 1. The van der Waals surface area contributed by atoms with Crippen molar-refractivity contribution in [3.8, 4) is 11.5 Å². The first-order chi connectivity index (χ1) is 22.5. The minimum Gasteiger partial charge on any atom is -0.504 e. The molecule has 2 N–H and O–H groups in total. The summed E-state index contributed by atoms with van der Waals surface area (Å²) in [5.74, 6) is 2.82. The molecule has 0 unspecified atom stereocenters. The molecule has 4 saturated carbocycles. The second-order valence-electron chi connectivity index (χ2n) is 18.2. The van der Waals surface area contributed by atoms with Gasteiger partial charge in [0, 0.05) is 5.92 Å². The monoisotopic (exact) mass is 664 g/mol. The Morgan fingerprint density at radius 1 is 0.917 bits per heavy atom. The molecular formula is C41H60O7. The Morgan fingerprint density at radius 2 is 1.65 bits per heavy atom. The number of carbonyl (C=O) groups excluding carboxylic acids is 1. The number of methoxy groups -OCH3 is 2. The summed E-state index contributed by atoms with van der Waals surface area (Å²) >= 11 is 0. The van der Waals surface area contributed by atoms with E-state index < -0.39 is 11.5 Å². The number of aliphatic hydroxyl groups excluding tert-OH is 1. The van der Waals surface area contributed by atoms with Crippen LogP contribution in [0.5, 0.6) is 11.5 Å². The van der Waals surface area contributed by atoms with E-state index in [9.17, 15) is 15.0 Å². The lowest BCUT2D eigenvalue weighted by atomic mass is 9.32. The van der Waals surface area contributed by atoms with Gasteiger partial charge in [-0.3, -0.25) is 4.79 Å². The van der Waals surface area contributed by atoms with Crippen molar-refractivity contribution >= 4 is 5.97 Å². The zero-order valence-corrected chi connectivity index (χ0v) is 31.0. The molecule has 0 amide bonds. The molecule has 7 rings (SSSR count). The summed E-state index contributed by atoms with van der Waals surface area (Å²) in [6.45, 7) is 19.0. The van der Waals surface area contributed by atoms with Gasteiger partial charge in [-0.1, -0.05) is 47.6 Å². The molecule has 0 spiro atoms. The van der Waals surface area contributed by atoms with Crippen LogP contribution in [-0.4, -0.2) is 48.7 Å². The standard InChI is InChI=1S/C41H60O7/c1-22-13-16-37(4)19-20-39(6)31(30(37)23(22)2)33-34(47-24(3)32(48-33)25-11-12-26(42)27(21-25)45-9)35-38(5)17-15-29(43)41(8,36(44)46-10)28(38)14-18-40(35,39)7/h11-12,21-24,28-30,32,34-35,42-43H,13-20H2,1-10H3/t22-,23+,24-,28-,29+,30+,32+,34-,35-,37-,38+,39-,40-,41+/m1/s1. The molecule has 1 heterocycles. The summed E-state index contributed by atoms with van der Waals surface area (Å²) in [4.78, 5) is 13.6. The van der Waals surface area contributed by atoms with Crippen LogP contribution in [0.2, 0.25) is 0 Å². The lowest BCUT2D eigenvalue weighted by molar-refractivity contribution is -0.272. The molecule has 14 atom stereocenters. The predicted octanol–water partition coefficient (Wildman–Crippen LogP) is 8.37. The quantitative estimate of drug-likeness (QED) is 0.314. The van der Waals surface area contributed by atoms with Crippen LogP contribution >= 0.6 is 0 Å². The summed E-state index contributed by atoms with van der Waals surface area (Å²) in [7, 11) is 3.03. The van der Waals surface area contributed by atoms with Crippen LogP contribution in [0.15, 0.2) is 29.5 Å². The Morgan fingerprint density at radius 3 is 2.33 bits per heavy atom. The average Bonchev–Trinajstić information content (AvgIpc) is 3.05. The number of hydrogen-bond acceptors (Lipinski definition) is 7. The minimum atomic E-state index is -0.987. The number of aromatic hydroxyl groups is 1. The Balaban J connectivity index is 1.45. The molecule has 0 bridgehead atoms. The minimum absolute atomic E-state index is 0.0499. The number of ether oxygens (including phenoxy) is 4. The van der Waals surface area contributed by atoms with E-state index in [1.165, 1.54) is 31.9 Å². The molecule has 5 fully saturated rings. The van der Waals surface area contributed by atoms with Crippen molar-refractivity contribution in [3.05, 3.63) is 35.1 Å². The molecule has 1 aliphatic heterocycles. The fourth-order valence-corrected chi connectivity index (χ4v) is 13.1. The van der Waals surface area contributed by atoms with Crippen molar-refractivity contribution in [2.75, 3.05) is 14.2 Å². The number of aliphatic hydroxyl groups is 1. The first-order valence-corrected chi connectivity index (χ1v) is 18.7. The molecule has 5 aliphatic carbocycles. The van der Waals surface area contributed by atoms with Crippen LogP contribution in [0.3, 0.4) is 0 Å². The predicted molar refractivity (Wildman–Crippen MR) is 184 cm³/mol. The maximum Gasteiger partial charge on any atom is 0.314 e. The lowest BCUT2D eigenvalue weighted by Gasteiger charge is -2.73.